The third-order valence-electron chi connectivity index (χ3n) is 3.98. The molecule has 0 unspecified atom stereocenters. The normalized spacial score (nSPS) is 14.3. The molecule has 1 fully saturated rings. The fraction of sp³-hybridized carbons (Fsp3) is 0.278. The molecule has 2 heterocycles. The van der Waals surface area contributed by atoms with E-state index < -0.39 is 0 Å². The number of aromatic nitrogens is 1. The van der Waals surface area contributed by atoms with Crippen molar-refractivity contribution in [2.24, 2.45) is 0 Å². The highest BCUT2D eigenvalue weighted by Crippen LogP contribution is 2.26. The Hall–Kier alpha value is -2.78. The van der Waals surface area contributed by atoms with Crippen LogP contribution in [-0.2, 0) is 4.74 Å². The predicted octanol–water partition coefficient (Wildman–Crippen LogP) is 2.54. The molecule has 0 spiro atoms. The van der Waals surface area contributed by atoms with E-state index in [1.165, 1.54) is 12.1 Å². The minimum Gasteiger partial charge on any atom is -0.378 e. The molecule has 1 aromatic carbocycles. The largest absolute Gasteiger partial charge is 0.378 e. The number of nitrogens with zero attached hydrogens (tertiary/aromatic N) is 3. The van der Waals surface area contributed by atoms with Crippen molar-refractivity contribution in [3.63, 3.8) is 0 Å². The van der Waals surface area contributed by atoms with Crippen molar-refractivity contribution in [1.82, 2.24) is 9.88 Å². The van der Waals surface area contributed by atoms with Crippen LogP contribution in [-0.4, -0.2) is 42.1 Å². The Balaban J connectivity index is 2.04. The van der Waals surface area contributed by atoms with E-state index in [0.717, 1.165) is 0 Å². The summed E-state index contributed by atoms with van der Waals surface area (Å²) in [6, 6.07) is 9.57. The Morgan fingerprint density at radius 2 is 1.96 bits per heavy atom. The van der Waals surface area contributed by atoms with Crippen molar-refractivity contribution in [2.75, 3.05) is 26.3 Å². The van der Waals surface area contributed by atoms with Gasteiger partial charge in [-0.05, 0) is 30.7 Å². The first-order chi connectivity index (χ1) is 11.6. The van der Waals surface area contributed by atoms with Gasteiger partial charge in [0, 0.05) is 18.7 Å². The SMILES string of the molecule is Cc1nc(C(=O)N2CCOCC2)cc(-c2ccc(F)cc2)c1C#N. The summed E-state index contributed by atoms with van der Waals surface area (Å²) in [6.45, 7) is 3.75. The molecule has 1 saturated heterocycles. The van der Waals surface area contributed by atoms with Crippen LogP contribution in [0.5, 0.6) is 0 Å². The quantitative estimate of drug-likeness (QED) is 0.851. The van der Waals surface area contributed by atoms with Crippen LogP contribution in [0.3, 0.4) is 0 Å². The summed E-state index contributed by atoms with van der Waals surface area (Å²) in [5, 5.41) is 9.42. The van der Waals surface area contributed by atoms with Gasteiger partial charge in [0.15, 0.2) is 0 Å². The number of aryl methyl sites for hydroxylation is 1. The minimum absolute atomic E-state index is 0.186. The lowest BCUT2D eigenvalue weighted by molar-refractivity contribution is 0.0299. The predicted molar refractivity (Wildman–Crippen MR) is 85.8 cm³/mol. The molecule has 0 saturated carbocycles. The fourth-order valence-corrected chi connectivity index (χ4v) is 2.71. The Kier molecular flexibility index (Phi) is 4.54. The number of carbonyl (C=O) groups excluding carboxylic acids is 1. The number of hydrogen-bond donors (Lipinski definition) is 0. The van der Waals surface area contributed by atoms with Crippen molar-refractivity contribution < 1.29 is 13.9 Å². The van der Waals surface area contributed by atoms with Gasteiger partial charge in [-0.1, -0.05) is 12.1 Å². The summed E-state index contributed by atoms with van der Waals surface area (Å²) >= 11 is 0. The smallest absolute Gasteiger partial charge is 0.272 e. The number of amides is 1. The number of carbonyl (C=O) groups is 1. The van der Waals surface area contributed by atoms with Crippen molar-refractivity contribution in [3.05, 3.63) is 53.1 Å². The summed E-state index contributed by atoms with van der Waals surface area (Å²) in [6.07, 6.45) is 0. The second kappa shape index (κ2) is 6.77. The Morgan fingerprint density at radius 3 is 2.58 bits per heavy atom. The van der Waals surface area contributed by atoms with Crippen molar-refractivity contribution in [1.29, 1.82) is 5.26 Å². The third-order valence-corrected chi connectivity index (χ3v) is 3.98. The average molecular weight is 325 g/mol. The molecule has 122 valence electrons. The maximum Gasteiger partial charge on any atom is 0.272 e. The van der Waals surface area contributed by atoms with Crippen LogP contribution in [0.15, 0.2) is 30.3 Å². The highest BCUT2D eigenvalue weighted by Gasteiger charge is 2.22. The van der Waals surface area contributed by atoms with Crippen LogP contribution in [0.4, 0.5) is 4.39 Å². The van der Waals surface area contributed by atoms with E-state index in [1.807, 2.05) is 0 Å². The van der Waals surface area contributed by atoms with Gasteiger partial charge in [0.1, 0.15) is 17.6 Å². The maximum absolute atomic E-state index is 13.2. The van der Waals surface area contributed by atoms with Crippen molar-refractivity contribution in [3.8, 4) is 17.2 Å². The van der Waals surface area contributed by atoms with E-state index in [1.54, 1.807) is 30.0 Å². The van der Waals surface area contributed by atoms with E-state index >= 15 is 0 Å². The molecule has 0 radical (unpaired) electrons. The zero-order valence-electron chi connectivity index (χ0n) is 13.3. The van der Waals surface area contributed by atoms with Gasteiger partial charge < -0.3 is 9.64 Å². The van der Waals surface area contributed by atoms with Crippen LogP contribution < -0.4 is 0 Å². The molecule has 24 heavy (non-hydrogen) atoms. The zero-order valence-corrected chi connectivity index (χ0v) is 13.3. The standard InChI is InChI=1S/C18H16FN3O2/c1-12-16(11-20)15(13-2-4-14(19)5-3-13)10-17(21-12)18(23)22-6-8-24-9-7-22/h2-5,10H,6-9H2,1H3. The Morgan fingerprint density at radius 1 is 1.29 bits per heavy atom. The van der Waals surface area contributed by atoms with Crippen molar-refractivity contribution in [2.45, 2.75) is 6.92 Å². The lowest BCUT2D eigenvalue weighted by atomic mass is 9.98. The molecular formula is C18H16FN3O2. The number of nitriles is 1. The van der Waals surface area contributed by atoms with E-state index in [0.29, 0.717) is 48.7 Å². The monoisotopic (exact) mass is 325 g/mol. The second-order valence-corrected chi connectivity index (χ2v) is 5.54. The average Bonchev–Trinajstić information content (AvgIpc) is 2.62. The van der Waals surface area contributed by atoms with E-state index in [2.05, 4.69) is 11.1 Å². The van der Waals surface area contributed by atoms with E-state index in [-0.39, 0.29) is 17.4 Å². The number of rotatable bonds is 2. The van der Waals surface area contributed by atoms with Gasteiger partial charge >= 0.3 is 0 Å². The first-order valence-corrected chi connectivity index (χ1v) is 7.65. The van der Waals surface area contributed by atoms with Gasteiger partial charge in [-0.3, -0.25) is 4.79 Å². The zero-order chi connectivity index (χ0) is 17.1. The van der Waals surface area contributed by atoms with Crippen LogP contribution >= 0.6 is 0 Å². The van der Waals surface area contributed by atoms with Gasteiger partial charge in [-0.2, -0.15) is 5.26 Å². The van der Waals surface area contributed by atoms with Crippen LogP contribution in [0.1, 0.15) is 21.7 Å². The van der Waals surface area contributed by atoms with Gasteiger partial charge in [0.05, 0.1) is 24.5 Å². The number of pyridine rings is 1. The maximum atomic E-state index is 13.2. The molecule has 1 aromatic heterocycles. The first-order valence-electron chi connectivity index (χ1n) is 7.65. The highest BCUT2D eigenvalue weighted by atomic mass is 19.1. The van der Waals surface area contributed by atoms with Gasteiger partial charge in [-0.25, -0.2) is 9.37 Å². The van der Waals surface area contributed by atoms with Gasteiger partial charge in [-0.15, -0.1) is 0 Å². The number of morpholine rings is 1. The number of benzene rings is 1. The topological polar surface area (TPSA) is 66.2 Å². The van der Waals surface area contributed by atoms with Crippen molar-refractivity contribution >= 4 is 5.91 Å². The fourth-order valence-electron chi connectivity index (χ4n) is 2.71. The lowest BCUT2D eigenvalue weighted by Gasteiger charge is -2.26. The van der Waals surface area contributed by atoms with E-state index in [4.69, 9.17) is 4.74 Å². The summed E-state index contributed by atoms with van der Waals surface area (Å²) in [7, 11) is 0. The number of hydrogen-bond acceptors (Lipinski definition) is 4. The van der Waals surface area contributed by atoms with Gasteiger partial charge in [0.2, 0.25) is 0 Å². The molecule has 2 aromatic rings. The molecule has 0 aliphatic carbocycles. The highest BCUT2D eigenvalue weighted by molar-refractivity contribution is 5.94. The first kappa shape index (κ1) is 16.1. The lowest BCUT2D eigenvalue weighted by Crippen LogP contribution is -2.41. The molecular weight excluding hydrogens is 309 g/mol. The molecule has 0 bridgehead atoms. The molecule has 3 rings (SSSR count). The molecule has 0 atom stereocenters. The molecule has 1 aliphatic heterocycles. The van der Waals surface area contributed by atoms with Crippen LogP contribution in [0, 0.1) is 24.1 Å². The molecule has 0 N–H and O–H groups in total. The third kappa shape index (κ3) is 3.12. The Bertz CT molecular complexity index is 806. The van der Waals surface area contributed by atoms with Gasteiger partial charge in [0.25, 0.3) is 5.91 Å². The summed E-state index contributed by atoms with van der Waals surface area (Å²) in [4.78, 5) is 18.6. The molecule has 6 heteroatoms. The molecule has 5 nitrogen and oxygen atoms in total. The van der Waals surface area contributed by atoms with E-state index in [9.17, 15) is 14.4 Å². The number of ether oxygens (including phenoxy) is 1. The summed E-state index contributed by atoms with van der Waals surface area (Å²) in [5.41, 5.74) is 2.42. The molecule has 1 aliphatic rings. The minimum atomic E-state index is -0.354. The number of halogens is 1. The Labute approximate surface area is 139 Å². The molecule has 1 amide bonds. The second-order valence-electron chi connectivity index (χ2n) is 5.54. The summed E-state index contributed by atoms with van der Waals surface area (Å²) in [5.74, 6) is -0.540. The van der Waals surface area contributed by atoms with Crippen LogP contribution in [0.25, 0.3) is 11.1 Å². The summed E-state index contributed by atoms with van der Waals surface area (Å²) < 4.78 is 18.4. The van der Waals surface area contributed by atoms with Crippen LogP contribution in [0.2, 0.25) is 0 Å².